The Morgan fingerprint density at radius 1 is 1.53 bits per heavy atom. The zero-order valence-corrected chi connectivity index (χ0v) is 11.8. The molecule has 1 heterocycles. The monoisotopic (exact) mass is 280 g/mol. The molecule has 5 nitrogen and oxygen atoms in total. The zero-order chi connectivity index (χ0) is 13.1. The van der Waals surface area contributed by atoms with E-state index >= 15 is 0 Å². The van der Waals surface area contributed by atoms with Crippen molar-refractivity contribution in [3.8, 4) is 0 Å². The van der Waals surface area contributed by atoms with Crippen molar-refractivity contribution in [3.05, 3.63) is 11.9 Å². The second kappa shape index (κ2) is 5.84. The quantitative estimate of drug-likeness (QED) is 0.748. The zero-order valence-electron chi connectivity index (χ0n) is 10.2. The van der Waals surface area contributed by atoms with E-state index in [-0.39, 0.29) is 11.5 Å². The average molecular weight is 281 g/mol. The minimum Gasteiger partial charge on any atom is -0.375 e. The van der Waals surface area contributed by atoms with Crippen molar-refractivity contribution in [2.45, 2.75) is 38.8 Å². The molecule has 1 aromatic heterocycles. The predicted octanol–water partition coefficient (Wildman–Crippen LogP) is 2.00. The summed E-state index contributed by atoms with van der Waals surface area (Å²) in [7, 11) is 1.59. The number of ether oxygens (including phenoxy) is 1. The Labute approximate surface area is 106 Å². The van der Waals surface area contributed by atoms with Crippen molar-refractivity contribution in [1.29, 1.82) is 0 Å². The third-order valence-electron chi connectivity index (χ3n) is 2.06. The van der Waals surface area contributed by atoms with Gasteiger partial charge in [0, 0.05) is 30.0 Å². The van der Waals surface area contributed by atoms with Gasteiger partial charge in [0.25, 0.3) is 9.05 Å². The molecule has 0 unspecified atom stereocenters. The first-order valence-corrected chi connectivity index (χ1v) is 7.74. The summed E-state index contributed by atoms with van der Waals surface area (Å²) in [5.74, 6) is 0.376. The van der Waals surface area contributed by atoms with Crippen LogP contribution in [0.3, 0.4) is 0 Å². The van der Waals surface area contributed by atoms with Gasteiger partial charge in [-0.3, -0.25) is 4.68 Å². The molecule has 0 atom stereocenters. The molecule has 0 radical (unpaired) electrons. The molecule has 0 spiro atoms. The van der Waals surface area contributed by atoms with Crippen LogP contribution in [-0.2, 0) is 26.9 Å². The number of hydrogen-bond donors (Lipinski definition) is 0. The summed E-state index contributed by atoms with van der Waals surface area (Å²) in [5, 5.41) is 4.18. The lowest BCUT2D eigenvalue weighted by Crippen LogP contribution is -2.05. The third kappa shape index (κ3) is 4.29. The highest BCUT2D eigenvalue weighted by molar-refractivity contribution is 8.13. The van der Waals surface area contributed by atoms with E-state index in [2.05, 4.69) is 5.10 Å². The van der Waals surface area contributed by atoms with Crippen molar-refractivity contribution in [2.75, 3.05) is 6.61 Å². The van der Waals surface area contributed by atoms with Crippen LogP contribution in [0.25, 0.3) is 0 Å². The fourth-order valence-corrected chi connectivity index (χ4v) is 2.43. The van der Waals surface area contributed by atoms with Crippen LogP contribution in [-0.4, -0.2) is 24.8 Å². The Hall–Kier alpha value is -0.590. The van der Waals surface area contributed by atoms with E-state index in [1.165, 1.54) is 6.20 Å². The maximum atomic E-state index is 11.4. The number of aromatic nitrogens is 2. The van der Waals surface area contributed by atoms with Crippen LogP contribution in [0.2, 0.25) is 0 Å². The topological polar surface area (TPSA) is 61.2 Å². The molecule has 1 aromatic rings. The van der Waals surface area contributed by atoms with E-state index < -0.39 is 9.05 Å². The van der Waals surface area contributed by atoms with Crippen molar-refractivity contribution in [1.82, 2.24) is 9.78 Å². The number of rotatable bonds is 6. The summed E-state index contributed by atoms with van der Waals surface area (Å²) in [6.07, 6.45) is 1.46. The van der Waals surface area contributed by atoms with Gasteiger partial charge < -0.3 is 4.74 Å². The van der Waals surface area contributed by atoms with Crippen LogP contribution in [0.1, 0.15) is 26.5 Å². The average Bonchev–Trinajstić information content (AvgIpc) is 2.56. The largest absolute Gasteiger partial charge is 0.375 e. The summed E-state index contributed by atoms with van der Waals surface area (Å²) in [6.45, 7) is 7.19. The SMILES string of the molecule is CCOCc1nn(CC(C)C)cc1S(=O)(=O)Cl. The molecule has 0 amide bonds. The van der Waals surface area contributed by atoms with Gasteiger partial charge in [-0.15, -0.1) is 0 Å². The van der Waals surface area contributed by atoms with Crippen LogP contribution in [0.4, 0.5) is 0 Å². The van der Waals surface area contributed by atoms with Crippen molar-refractivity contribution >= 4 is 19.7 Å². The lowest BCUT2D eigenvalue weighted by Gasteiger charge is -2.03. The van der Waals surface area contributed by atoms with Crippen LogP contribution in [0, 0.1) is 5.92 Å². The van der Waals surface area contributed by atoms with Gasteiger partial charge in [0.15, 0.2) is 0 Å². The molecule has 7 heteroatoms. The number of halogens is 1. The molecule has 0 fully saturated rings. The van der Waals surface area contributed by atoms with Gasteiger partial charge in [0.1, 0.15) is 10.6 Å². The van der Waals surface area contributed by atoms with Crippen molar-refractivity contribution in [3.63, 3.8) is 0 Å². The highest BCUT2D eigenvalue weighted by Crippen LogP contribution is 2.20. The van der Waals surface area contributed by atoms with Crippen LogP contribution < -0.4 is 0 Å². The smallest absolute Gasteiger partial charge is 0.264 e. The van der Waals surface area contributed by atoms with Gasteiger partial charge in [0.2, 0.25) is 0 Å². The summed E-state index contributed by atoms with van der Waals surface area (Å²) in [5.41, 5.74) is 0.363. The van der Waals surface area contributed by atoms with E-state index in [0.29, 0.717) is 24.8 Å². The summed E-state index contributed by atoms with van der Waals surface area (Å²) in [4.78, 5) is 0.0354. The Bertz CT molecular complexity index is 468. The van der Waals surface area contributed by atoms with Gasteiger partial charge in [-0.05, 0) is 12.8 Å². The molecule has 0 aliphatic rings. The highest BCUT2D eigenvalue weighted by atomic mass is 35.7. The van der Waals surface area contributed by atoms with Crippen LogP contribution >= 0.6 is 10.7 Å². The Morgan fingerprint density at radius 2 is 2.18 bits per heavy atom. The van der Waals surface area contributed by atoms with E-state index in [9.17, 15) is 8.42 Å². The molecule has 0 saturated carbocycles. The minimum atomic E-state index is -3.77. The number of hydrogen-bond acceptors (Lipinski definition) is 4. The van der Waals surface area contributed by atoms with Crippen molar-refractivity contribution in [2.24, 2.45) is 5.92 Å². The highest BCUT2D eigenvalue weighted by Gasteiger charge is 2.20. The summed E-state index contributed by atoms with van der Waals surface area (Å²) in [6, 6.07) is 0. The summed E-state index contributed by atoms with van der Waals surface area (Å²) >= 11 is 0. The summed E-state index contributed by atoms with van der Waals surface area (Å²) < 4.78 is 29.5. The molecular weight excluding hydrogens is 264 g/mol. The Morgan fingerprint density at radius 3 is 2.65 bits per heavy atom. The van der Waals surface area contributed by atoms with E-state index in [0.717, 1.165) is 0 Å². The number of nitrogens with zero attached hydrogens (tertiary/aromatic N) is 2. The van der Waals surface area contributed by atoms with Crippen molar-refractivity contribution < 1.29 is 13.2 Å². The molecule has 0 aromatic carbocycles. The minimum absolute atomic E-state index is 0.0354. The molecule has 17 heavy (non-hydrogen) atoms. The molecule has 0 bridgehead atoms. The second-order valence-electron chi connectivity index (χ2n) is 4.13. The lowest BCUT2D eigenvalue weighted by molar-refractivity contribution is 0.129. The Balaban J connectivity index is 3.03. The fraction of sp³-hybridized carbons (Fsp3) is 0.700. The molecular formula is C10H17ClN2O3S. The normalized spacial score (nSPS) is 12.3. The maximum absolute atomic E-state index is 11.4. The molecule has 0 aliphatic carbocycles. The van der Waals surface area contributed by atoms with Gasteiger partial charge in [-0.1, -0.05) is 13.8 Å². The first-order valence-electron chi connectivity index (χ1n) is 5.43. The maximum Gasteiger partial charge on any atom is 0.264 e. The van der Waals surface area contributed by atoms with Gasteiger partial charge in [-0.25, -0.2) is 8.42 Å². The van der Waals surface area contributed by atoms with E-state index in [1.54, 1.807) is 4.68 Å². The molecule has 0 N–H and O–H groups in total. The standard InChI is InChI=1S/C10H17ClN2O3S/c1-4-16-7-9-10(17(11,14)15)6-13(12-9)5-8(2)3/h6,8H,4-5,7H2,1-3H3. The van der Waals surface area contributed by atoms with Gasteiger partial charge in [0.05, 0.1) is 6.61 Å². The molecule has 0 aliphatic heterocycles. The van der Waals surface area contributed by atoms with E-state index in [4.69, 9.17) is 15.4 Å². The Kier molecular flexibility index (Phi) is 4.97. The van der Waals surface area contributed by atoms with Crippen LogP contribution in [0.5, 0.6) is 0 Å². The predicted molar refractivity (Wildman–Crippen MR) is 65.4 cm³/mol. The van der Waals surface area contributed by atoms with Gasteiger partial charge in [-0.2, -0.15) is 5.10 Å². The molecule has 0 saturated heterocycles. The lowest BCUT2D eigenvalue weighted by atomic mass is 10.2. The first-order chi connectivity index (χ1) is 7.84. The van der Waals surface area contributed by atoms with Gasteiger partial charge >= 0.3 is 0 Å². The fourth-order valence-electron chi connectivity index (χ4n) is 1.41. The van der Waals surface area contributed by atoms with Crippen LogP contribution in [0.15, 0.2) is 11.1 Å². The molecule has 1 rings (SSSR count). The molecule has 98 valence electrons. The van der Waals surface area contributed by atoms with E-state index in [1.807, 2.05) is 20.8 Å². The third-order valence-corrected chi connectivity index (χ3v) is 3.42. The first kappa shape index (κ1) is 14.5. The second-order valence-corrected chi connectivity index (χ2v) is 6.67.